The Bertz CT molecular complexity index is 645. The maximum absolute atomic E-state index is 9.36. The first-order chi connectivity index (χ1) is 8.61. The molecular weight excluding hydrogens is 252 g/mol. The molecule has 2 aromatic rings. The highest BCUT2D eigenvalue weighted by atomic mass is 32.1. The Balaban J connectivity index is 2.32. The third kappa shape index (κ3) is 2.40. The molecule has 0 unspecified atom stereocenters. The van der Waals surface area contributed by atoms with Crippen LogP contribution in [0.4, 0.5) is 0 Å². The van der Waals surface area contributed by atoms with Crippen molar-refractivity contribution in [3.8, 4) is 11.5 Å². The Hall–Kier alpha value is -2.15. The molecule has 0 amide bonds. The number of rotatable bonds is 3. The predicted molar refractivity (Wildman–Crippen MR) is 69.6 cm³/mol. The van der Waals surface area contributed by atoms with Crippen molar-refractivity contribution in [2.75, 3.05) is 0 Å². The molecule has 0 bridgehead atoms. The lowest BCUT2D eigenvalue weighted by atomic mass is 10.2. The minimum Gasteiger partial charge on any atom is -0.504 e. The van der Waals surface area contributed by atoms with E-state index in [-0.39, 0.29) is 11.5 Å². The molecule has 0 aliphatic carbocycles. The third-order valence-electron chi connectivity index (χ3n) is 2.36. The monoisotopic (exact) mass is 264 g/mol. The van der Waals surface area contributed by atoms with Gasteiger partial charge in [-0.25, -0.2) is 0 Å². The summed E-state index contributed by atoms with van der Waals surface area (Å²) < 4.78 is 1.92. The number of hydrogen-bond acceptors (Lipinski definition) is 5. The molecule has 0 radical (unpaired) electrons. The lowest BCUT2D eigenvalue weighted by molar-refractivity contribution is 0.403. The molecule has 0 atom stereocenters. The van der Waals surface area contributed by atoms with Crippen LogP contribution in [0.5, 0.6) is 11.5 Å². The van der Waals surface area contributed by atoms with Gasteiger partial charge < -0.3 is 10.2 Å². The van der Waals surface area contributed by atoms with E-state index in [4.69, 9.17) is 12.2 Å². The van der Waals surface area contributed by atoms with Crippen LogP contribution in [0.3, 0.4) is 0 Å². The summed E-state index contributed by atoms with van der Waals surface area (Å²) >= 11 is 5.04. The van der Waals surface area contributed by atoms with Gasteiger partial charge >= 0.3 is 0 Å². The zero-order valence-corrected chi connectivity index (χ0v) is 10.5. The van der Waals surface area contributed by atoms with Gasteiger partial charge in [-0.05, 0) is 36.0 Å². The molecule has 1 heterocycles. The van der Waals surface area contributed by atoms with Gasteiger partial charge in [0.25, 0.3) is 0 Å². The number of aromatic amines is 1. The van der Waals surface area contributed by atoms with Crippen LogP contribution in [0, 0.1) is 4.77 Å². The van der Waals surface area contributed by atoms with Crippen LogP contribution in [-0.4, -0.2) is 31.3 Å². The summed E-state index contributed by atoms with van der Waals surface area (Å²) in [7, 11) is 0. The number of H-pyrrole nitrogens is 1. The first-order valence-corrected chi connectivity index (χ1v) is 5.75. The number of aromatic nitrogens is 3. The Morgan fingerprint density at radius 2 is 2.22 bits per heavy atom. The van der Waals surface area contributed by atoms with Crippen molar-refractivity contribution in [1.29, 1.82) is 0 Å². The molecule has 6 nitrogen and oxygen atoms in total. The molecule has 94 valence electrons. The Labute approximate surface area is 108 Å². The Kier molecular flexibility index (Phi) is 3.42. The maximum atomic E-state index is 9.36. The van der Waals surface area contributed by atoms with E-state index in [9.17, 15) is 10.2 Å². The van der Waals surface area contributed by atoms with Gasteiger partial charge in [0, 0.05) is 6.42 Å². The molecule has 0 aliphatic heterocycles. The normalized spacial score (nSPS) is 11.2. The van der Waals surface area contributed by atoms with Gasteiger partial charge in [-0.15, -0.1) is 0 Å². The second kappa shape index (κ2) is 5.01. The highest BCUT2D eigenvalue weighted by Gasteiger charge is 2.02. The number of phenolic OH excluding ortho intramolecular Hbond substituents is 2. The van der Waals surface area contributed by atoms with Crippen molar-refractivity contribution in [2.45, 2.75) is 13.3 Å². The molecule has 0 aliphatic rings. The average molecular weight is 264 g/mol. The molecule has 18 heavy (non-hydrogen) atoms. The van der Waals surface area contributed by atoms with E-state index in [1.165, 1.54) is 23.0 Å². The van der Waals surface area contributed by atoms with Crippen LogP contribution in [-0.2, 0) is 6.42 Å². The van der Waals surface area contributed by atoms with E-state index in [1.807, 2.05) is 6.92 Å². The smallest absolute Gasteiger partial charge is 0.216 e. The van der Waals surface area contributed by atoms with Crippen molar-refractivity contribution in [2.24, 2.45) is 5.10 Å². The van der Waals surface area contributed by atoms with Crippen LogP contribution in [0.15, 0.2) is 23.3 Å². The average Bonchev–Trinajstić information content (AvgIpc) is 2.71. The zero-order valence-electron chi connectivity index (χ0n) is 9.66. The Morgan fingerprint density at radius 3 is 2.89 bits per heavy atom. The second-order valence-electron chi connectivity index (χ2n) is 3.60. The van der Waals surface area contributed by atoms with Gasteiger partial charge in [0.1, 0.15) is 0 Å². The molecule has 2 rings (SSSR count). The summed E-state index contributed by atoms with van der Waals surface area (Å²) in [6.07, 6.45) is 2.23. The topological polar surface area (TPSA) is 86.4 Å². The molecule has 0 fully saturated rings. The Morgan fingerprint density at radius 1 is 1.44 bits per heavy atom. The van der Waals surface area contributed by atoms with E-state index in [2.05, 4.69) is 15.3 Å². The van der Waals surface area contributed by atoms with Crippen LogP contribution >= 0.6 is 12.2 Å². The molecule has 3 N–H and O–H groups in total. The number of nitrogens with one attached hydrogen (secondary N) is 1. The maximum Gasteiger partial charge on any atom is 0.216 e. The zero-order chi connectivity index (χ0) is 13.1. The lowest BCUT2D eigenvalue weighted by Gasteiger charge is -1.99. The first kappa shape index (κ1) is 12.3. The lowest BCUT2D eigenvalue weighted by Crippen LogP contribution is -1.97. The van der Waals surface area contributed by atoms with E-state index in [1.54, 1.807) is 6.07 Å². The van der Waals surface area contributed by atoms with E-state index < -0.39 is 0 Å². The van der Waals surface area contributed by atoms with Crippen molar-refractivity contribution in [1.82, 2.24) is 14.9 Å². The number of phenols is 2. The summed E-state index contributed by atoms with van der Waals surface area (Å²) in [5.41, 5.74) is 0.649. The molecule has 1 aromatic heterocycles. The molecule has 1 aromatic carbocycles. The van der Waals surface area contributed by atoms with Crippen molar-refractivity contribution in [3.05, 3.63) is 34.4 Å². The highest BCUT2D eigenvalue weighted by molar-refractivity contribution is 7.71. The van der Waals surface area contributed by atoms with Crippen molar-refractivity contribution < 1.29 is 10.2 Å². The van der Waals surface area contributed by atoms with Gasteiger partial charge in [-0.2, -0.15) is 14.9 Å². The van der Waals surface area contributed by atoms with Gasteiger partial charge in [-0.3, -0.25) is 5.10 Å². The SMILES string of the molecule is CCc1n[nH]c(=S)n1N=Cc1ccc(O)c(O)c1. The molecular formula is C11H12N4O2S. The van der Waals surface area contributed by atoms with Gasteiger partial charge in [0.15, 0.2) is 17.3 Å². The number of nitrogens with zero attached hydrogens (tertiary/aromatic N) is 3. The van der Waals surface area contributed by atoms with E-state index >= 15 is 0 Å². The van der Waals surface area contributed by atoms with Crippen LogP contribution in [0.1, 0.15) is 18.3 Å². The third-order valence-corrected chi connectivity index (χ3v) is 2.62. The van der Waals surface area contributed by atoms with Crippen molar-refractivity contribution >= 4 is 18.4 Å². The van der Waals surface area contributed by atoms with Crippen molar-refractivity contribution in [3.63, 3.8) is 0 Å². The van der Waals surface area contributed by atoms with E-state index in [0.717, 1.165) is 5.82 Å². The first-order valence-electron chi connectivity index (χ1n) is 5.34. The minimum absolute atomic E-state index is 0.165. The molecule has 0 saturated heterocycles. The predicted octanol–water partition coefficient (Wildman–Crippen LogP) is 1.80. The van der Waals surface area contributed by atoms with Gasteiger partial charge in [0.05, 0.1) is 6.21 Å². The summed E-state index contributed by atoms with van der Waals surface area (Å²) in [6.45, 7) is 1.95. The number of aromatic hydroxyl groups is 2. The summed E-state index contributed by atoms with van der Waals surface area (Å²) in [4.78, 5) is 0. The fourth-order valence-electron chi connectivity index (χ4n) is 1.42. The number of aryl methyl sites for hydroxylation is 1. The number of benzene rings is 1. The highest BCUT2D eigenvalue weighted by Crippen LogP contribution is 2.24. The van der Waals surface area contributed by atoms with Crippen LogP contribution < -0.4 is 0 Å². The quantitative estimate of drug-likeness (QED) is 0.448. The van der Waals surface area contributed by atoms with E-state index in [0.29, 0.717) is 16.8 Å². The molecule has 7 heteroatoms. The summed E-state index contributed by atoms with van der Waals surface area (Å²) in [5.74, 6) is 0.367. The molecule has 0 saturated carbocycles. The standard InChI is InChI=1S/C11H12N4O2S/c1-2-10-13-14-11(18)15(10)12-6-7-3-4-8(16)9(17)5-7/h3-6,16-17H,2H2,1H3,(H,14,18). The fourth-order valence-corrected chi connectivity index (χ4v) is 1.62. The molecule has 0 spiro atoms. The number of hydrogen-bond donors (Lipinski definition) is 3. The largest absolute Gasteiger partial charge is 0.504 e. The minimum atomic E-state index is -0.189. The fraction of sp³-hybridized carbons (Fsp3) is 0.182. The van der Waals surface area contributed by atoms with Crippen LogP contribution in [0.2, 0.25) is 0 Å². The van der Waals surface area contributed by atoms with Gasteiger partial charge in [0.2, 0.25) is 4.77 Å². The van der Waals surface area contributed by atoms with Gasteiger partial charge in [-0.1, -0.05) is 6.92 Å². The van der Waals surface area contributed by atoms with Crippen LogP contribution in [0.25, 0.3) is 0 Å². The summed E-state index contributed by atoms with van der Waals surface area (Å²) in [5, 5.41) is 29.4. The summed E-state index contributed by atoms with van der Waals surface area (Å²) in [6, 6.07) is 4.44. The second-order valence-corrected chi connectivity index (χ2v) is 3.99.